The summed E-state index contributed by atoms with van der Waals surface area (Å²) in [6, 6.07) is 0.270. The van der Waals surface area contributed by atoms with Gasteiger partial charge in [0, 0.05) is 19.7 Å². The van der Waals surface area contributed by atoms with Gasteiger partial charge in [-0.2, -0.15) is 0 Å². The molecule has 1 fully saturated rings. The minimum absolute atomic E-state index is 0.147. The number of hydrogen-bond acceptors (Lipinski definition) is 4. The third kappa shape index (κ3) is 2.41. The Balaban J connectivity index is 1.91. The van der Waals surface area contributed by atoms with Gasteiger partial charge in [0.15, 0.2) is 11.6 Å². The Morgan fingerprint density at radius 1 is 1.21 bits per heavy atom. The maximum Gasteiger partial charge on any atom is 0.162 e. The fourth-order valence-electron chi connectivity index (χ4n) is 3.06. The standard InChI is InChI=1S/C14H24N4O/c1-14(2,3)11-13-17-16-12(18(13)8-7-15-11)10-6-4-5-9-19-10/h10-11,15H,4-9H2,1-3H3. The van der Waals surface area contributed by atoms with Crippen molar-refractivity contribution in [3.05, 3.63) is 11.6 Å². The second kappa shape index (κ2) is 4.87. The van der Waals surface area contributed by atoms with Crippen molar-refractivity contribution in [3.8, 4) is 0 Å². The van der Waals surface area contributed by atoms with Gasteiger partial charge < -0.3 is 14.6 Å². The highest BCUT2D eigenvalue weighted by Gasteiger charge is 2.35. The van der Waals surface area contributed by atoms with E-state index in [9.17, 15) is 0 Å². The summed E-state index contributed by atoms with van der Waals surface area (Å²) in [5.74, 6) is 2.10. The van der Waals surface area contributed by atoms with E-state index in [-0.39, 0.29) is 17.6 Å². The smallest absolute Gasteiger partial charge is 0.162 e. The maximum absolute atomic E-state index is 5.87. The average Bonchev–Trinajstić information content (AvgIpc) is 2.82. The number of ether oxygens (including phenoxy) is 1. The third-order valence-corrected chi connectivity index (χ3v) is 4.08. The predicted molar refractivity (Wildman–Crippen MR) is 72.8 cm³/mol. The lowest BCUT2D eigenvalue weighted by atomic mass is 9.85. The van der Waals surface area contributed by atoms with Crippen molar-refractivity contribution in [3.63, 3.8) is 0 Å². The van der Waals surface area contributed by atoms with Gasteiger partial charge in [-0.15, -0.1) is 10.2 Å². The van der Waals surface area contributed by atoms with E-state index in [0.717, 1.165) is 37.8 Å². The Kier molecular flexibility index (Phi) is 3.35. The summed E-state index contributed by atoms with van der Waals surface area (Å²) in [6.45, 7) is 9.51. The number of fused-ring (bicyclic) bond motifs is 1. The van der Waals surface area contributed by atoms with Crippen LogP contribution >= 0.6 is 0 Å². The number of hydrogen-bond donors (Lipinski definition) is 1. The molecule has 19 heavy (non-hydrogen) atoms. The molecule has 0 radical (unpaired) electrons. The molecule has 0 spiro atoms. The molecule has 2 aliphatic heterocycles. The Morgan fingerprint density at radius 2 is 2.00 bits per heavy atom. The van der Waals surface area contributed by atoms with Gasteiger partial charge in [0.05, 0.1) is 6.04 Å². The Labute approximate surface area is 114 Å². The summed E-state index contributed by atoms with van der Waals surface area (Å²) in [4.78, 5) is 0. The van der Waals surface area contributed by atoms with E-state index in [1.54, 1.807) is 0 Å². The molecular formula is C14H24N4O. The van der Waals surface area contributed by atoms with E-state index in [1.807, 2.05) is 0 Å². The van der Waals surface area contributed by atoms with Crippen LogP contribution in [0.2, 0.25) is 0 Å². The Hall–Kier alpha value is -0.940. The minimum atomic E-state index is 0.147. The number of aromatic nitrogens is 3. The van der Waals surface area contributed by atoms with Gasteiger partial charge in [0.2, 0.25) is 0 Å². The highest BCUT2D eigenvalue weighted by Crippen LogP contribution is 2.35. The molecule has 3 rings (SSSR count). The summed E-state index contributed by atoms with van der Waals surface area (Å²) >= 11 is 0. The van der Waals surface area contributed by atoms with Gasteiger partial charge in [0.1, 0.15) is 6.10 Å². The summed E-state index contributed by atoms with van der Waals surface area (Å²) in [7, 11) is 0. The van der Waals surface area contributed by atoms with E-state index >= 15 is 0 Å². The van der Waals surface area contributed by atoms with Crippen molar-refractivity contribution in [1.82, 2.24) is 20.1 Å². The van der Waals surface area contributed by atoms with E-state index < -0.39 is 0 Å². The molecule has 2 unspecified atom stereocenters. The molecule has 0 aliphatic carbocycles. The molecule has 106 valence electrons. The van der Waals surface area contributed by atoms with Gasteiger partial charge in [-0.05, 0) is 24.7 Å². The minimum Gasteiger partial charge on any atom is -0.370 e. The summed E-state index contributed by atoms with van der Waals surface area (Å²) < 4.78 is 8.15. The van der Waals surface area contributed by atoms with Gasteiger partial charge >= 0.3 is 0 Å². The fraction of sp³-hybridized carbons (Fsp3) is 0.857. The summed E-state index contributed by atoms with van der Waals surface area (Å²) in [5, 5.41) is 12.5. The van der Waals surface area contributed by atoms with Crippen molar-refractivity contribution in [2.75, 3.05) is 13.2 Å². The quantitative estimate of drug-likeness (QED) is 0.845. The molecule has 5 nitrogen and oxygen atoms in total. The van der Waals surface area contributed by atoms with E-state index in [2.05, 4.69) is 40.9 Å². The molecular weight excluding hydrogens is 240 g/mol. The third-order valence-electron chi connectivity index (χ3n) is 4.08. The van der Waals surface area contributed by atoms with Crippen LogP contribution < -0.4 is 5.32 Å². The summed E-state index contributed by atoms with van der Waals surface area (Å²) in [6.07, 6.45) is 3.62. The number of rotatable bonds is 1. The van der Waals surface area contributed by atoms with E-state index in [1.165, 1.54) is 12.8 Å². The second-order valence-electron chi connectivity index (χ2n) is 6.68. The molecule has 5 heteroatoms. The lowest BCUT2D eigenvalue weighted by Crippen LogP contribution is -2.41. The van der Waals surface area contributed by atoms with Gasteiger partial charge in [-0.25, -0.2) is 0 Å². The van der Waals surface area contributed by atoms with Gasteiger partial charge in [0.25, 0.3) is 0 Å². The SMILES string of the molecule is CC(C)(C)C1NCCn2c(C3CCCCO3)nnc21. The molecule has 0 amide bonds. The van der Waals surface area contributed by atoms with Crippen molar-refractivity contribution >= 4 is 0 Å². The van der Waals surface area contributed by atoms with E-state index in [4.69, 9.17) is 4.74 Å². The molecule has 0 aromatic carbocycles. The van der Waals surface area contributed by atoms with Crippen LogP contribution in [0.5, 0.6) is 0 Å². The number of nitrogens with zero attached hydrogens (tertiary/aromatic N) is 3. The first-order chi connectivity index (χ1) is 9.07. The van der Waals surface area contributed by atoms with Crippen LogP contribution in [-0.4, -0.2) is 27.9 Å². The van der Waals surface area contributed by atoms with Crippen LogP contribution in [0, 0.1) is 5.41 Å². The van der Waals surface area contributed by atoms with Crippen molar-refractivity contribution < 1.29 is 4.74 Å². The maximum atomic E-state index is 5.87. The zero-order valence-electron chi connectivity index (χ0n) is 12.1. The van der Waals surface area contributed by atoms with E-state index in [0.29, 0.717) is 0 Å². The van der Waals surface area contributed by atoms with Gasteiger partial charge in [-0.3, -0.25) is 0 Å². The van der Waals surface area contributed by atoms with Crippen molar-refractivity contribution in [1.29, 1.82) is 0 Å². The zero-order valence-corrected chi connectivity index (χ0v) is 12.1. The lowest BCUT2D eigenvalue weighted by Gasteiger charge is -2.35. The highest BCUT2D eigenvalue weighted by atomic mass is 16.5. The highest BCUT2D eigenvalue weighted by molar-refractivity contribution is 5.09. The van der Waals surface area contributed by atoms with Crippen LogP contribution in [0.3, 0.4) is 0 Å². The fourth-order valence-corrected chi connectivity index (χ4v) is 3.06. The van der Waals surface area contributed by atoms with Crippen LogP contribution in [-0.2, 0) is 11.3 Å². The van der Waals surface area contributed by atoms with Crippen LogP contribution in [0.4, 0.5) is 0 Å². The predicted octanol–water partition coefficient (Wildman–Crippen LogP) is 2.21. The monoisotopic (exact) mass is 264 g/mol. The lowest BCUT2D eigenvalue weighted by molar-refractivity contribution is 0.00650. The first kappa shape index (κ1) is 13.1. The zero-order chi connectivity index (χ0) is 13.5. The second-order valence-corrected chi connectivity index (χ2v) is 6.68. The molecule has 1 N–H and O–H groups in total. The topological polar surface area (TPSA) is 52.0 Å². The first-order valence-corrected chi connectivity index (χ1v) is 7.35. The van der Waals surface area contributed by atoms with Gasteiger partial charge in [-0.1, -0.05) is 20.8 Å². The van der Waals surface area contributed by atoms with Crippen LogP contribution in [0.1, 0.15) is 63.8 Å². The molecule has 2 aliphatic rings. The molecule has 0 bridgehead atoms. The molecule has 2 atom stereocenters. The molecule has 1 saturated heterocycles. The summed E-state index contributed by atoms with van der Waals surface area (Å²) in [5.41, 5.74) is 0.149. The van der Waals surface area contributed by atoms with Crippen molar-refractivity contribution in [2.24, 2.45) is 5.41 Å². The number of nitrogens with one attached hydrogen (secondary N) is 1. The Bertz CT molecular complexity index is 443. The van der Waals surface area contributed by atoms with Crippen LogP contribution in [0.25, 0.3) is 0 Å². The first-order valence-electron chi connectivity index (χ1n) is 7.35. The Morgan fingerprint density at radius 3 is 2.68 bits per heavy atom. The normalized spacial score (nSPS) is 28.2. The van der Waals surface area contributed by atoms with Crippen LogP contribution in [0.15, 0.2) is 0 Å². The largest absolute Gasteiger partial charge is 0.370 e. The average molecular weight is 264 g/mol. The molecule has 1 aromatic rings. The molecule has 3 heterocycles. The molecule has 1 aromatic heterocycles. The van der Waals surface area contributed by atoms with Crippen molar-refractivity contribution in [2.45, 2.75) is 58.7 Å². The molecule has 0 saturated carbocycles.